The van der Waals surface area contributed by atoms with Crippen LogP contribution >= 0.6 is 11.6 Å². The van der Waals surface area contributed by atoms with Crippen molar-refractivity contribution in [3.63, 3.8) is 0 Å². The van der Waals surface area contributed by atoms with E-state index < -0.39 is 6.09 Å². The molecule has 0 spiro atoms. The third-order valence-electron chi connectivity index (χ3n) is 3.35. The van der Waals surface area contributed by atoms with Gasteiger partial charge in [0.05, 0.1) is 6.04 Å². The van der Waals surface area contributed by atoms with E-state index in [1.165, 1.54) is 0 Å². The molecule has 1 aliphatic rings. The van der Waals surface area contributed by atoms with E-state index in [1.54, 1.807) is 12.3 Å². The van der Waals surface area contributed by atoms with Crippen LogP contribution in [-0.4, -0.2) is 23.7 Å². The molecule has 114 valence electrons. The number of alkyl carbamates (subject to hydrolysis) is 1. The molecule has 0 fully saturated rings. The van der Waals surface area contributed by atoms with Gasteiger partial charge in [0.25, 0.3) is 0 Å². The van der Waals surface area contributed by atoms with E-state index in [0.29, 0.717) is 18.2 Å². The third kappa shape index (κ3) is 3.68. The molecule has 0 bridgehead atoms. The molecule has 0 saturated heterocycles. The third-order valence-corrected chi connectivity index (χ3v) is 3.56. The lowest BCUT2D eigenvalue weighted by atomic mass is 10.1. The smallest absolute Gasteiger partial charge is 0.407 e. The molecular weight excluding hydrogens is 304 g/mol. The summed E-state index contributed by atoms with van der Waals surface area (Å²) in [5.41, 5.74) is 1.87. The van der Waals surface area contributed by atoms with Gasteiger partial charge in [0.1, 0.15) is 24.1 Å². The van der Waals surface area contributed by atoms with E-state index in [1.807, 2.05) is 30.3 Å². The molecule has 1 N–H and O–H groups in total. The topological polar surface area (TPSA) is 60.5 Å². The first-order valence-electron chi connectivity index (χ1n) is 6.95. The van der Waals surface area contributed by atoms with Crippen molar-refractivity contribution >= 4 is 17.7 Å². The fraction of sp³-hybridized carbons (Fsp3) is 0.250. The van der Waals surface area contributed by atoms with Crippen LogP contribution in [0.3, 0.4) is 0 Å². The van der Waals surface area contributed by atoms with E-state index in [2.05, 4.69) is 10.3 Å². The first-order chi connectivity index (χ1) is 10.7. The van der Waals surface area contributed by atoms with Crippen LogP contribution in [0, 0.1) is 0 Å². The number of benzene rings is 1. The minimum Gasteiger partial charge on any atom is -0.491 e. The minimum absolute atomic E-state index is 0.140. The minimum atomic E-state index is -0.456. The highest BCUT2D eigenvalue weighted by Gasteiger charge is 2.22. The molecule has 1 unspecified atom stereocenters. The summed E-state index contributed by atoms with van der Waals surface area (Å²) in [7, 11) is 0. The summed E-state index contributed by atoms with van der Waals surface area (Å²) in [6.45, 7) is 0.627. The molecule has 0 aliphatic carbocycles. The Balaban J connectivity index is 1.51. The maximum absolute atomic E-state index is 11.8. The number of aromatic nitrogens is 1. The van der Waals surface area contributed by atoms with Crippen LogP contribution < -0.4 is 10.1 Å². The summed E-state index contributed by atoms with van der Waals surface area (Å²) in [5, 5.41) is 3.19. The van der Waals surface area contributed by atoms with Crippen LogP contribution in [0.4, 0.5) is 4.79 Å². The number of rotatable bonds is 3. The van der Waals surface area contributed by atoms with Crippen molar-refractivity contribution in [3.8, 4) is 5.75 Å². The van der Waals surface area contributed by atoms with Gasteiger partial charge in [-0.25, -0.2) is 9.78 Å². The first-order valence-corrected chi connectivity index (χ1v) is 7.33. The van der Waals surface area contributed by atoms with Gasteiger partial charge < -0.3 is 14.8 Å². The van der Waals surface area contributed by atoms with Crippen LogP contribution in [0.5, 0.6) is 5.75 Å². The van der Waals surface area contributed by atoms with Crippen molar-refractivity contribution in [3.05, 3.63) is 58.9 Å². The number of fused-ring (bicyclic) bond motifs is 1. The molecule has 2 aromatic rings. The maximum Gasteiger partial charge on any atom is 0.407 e. The van der Waals surface area contributed by atoms with Crippen LogP contribution in [0.1, 0.15) is 11.1 Å². The zero-order chi connectivity index (χ0) is 15.4. The number of carbonyl (C=O) groups excluding carboxylic acids is 1. The Labute approximate surface area is 133 Å². The SMILES string of the molecule is O=C(NC1COc2cc(Cl)ncc2C1)OCc1ccccc1. The predicted molar refractivity (Wildman–Crippen MR) is 82.0 cm³/mol. The second kappa shape index (κ2) is 6.66. The Bertz CT molecular complexity index is 664. The van der Waals surface area contributed by atoms with Crippen molar-refractivity contribution in [1.29, 1.82) is 0 Å². The fourth-order valence-corrected chi connectivity index (χ4v) is 2.42. The summed E-state index contributed by atoms with van der Waals surface area (Å²) >= 11 is 5.82. The van der Waals surface area contributed by atoms with E-state index >= 15 is 0 Å². The number of nitrogens with one attached hydrogen (secondary N) is 1. The molecule has 1 amide bonds. The zero-order valence-electron chi connectivity index (χ0n) is 11.8. The normalized spacial score (nSPS) is 16.3. The molecule has 3 rings (SSSR count). The molecule has 1 aliphatic heterocycles. The Morgan fingerprint density at radius 1 is 1.41 bits per heavy atom. The number of pyridine rings is 1. The fourth-order valence-electron chi connectivity index (χ4n) is 2.27. The molecule has 1 aromatic heterocycles. The highest BCUT2D eigenvalue weighted by Crippen LogP contribution is 2.26. The van der Waals surface area contributed by atoms with Crippen molar-refractivity contribution < 1.29 is 14.3 Å². The average molecular weight is 319 g/mol. The second-order valence-corrected chi connectivity index (χ2v) is 5.42. The Hall–Kier alpha value is -2.27. The lowest BCUT2D eigenvalue weighted by Gasteiger charge is -2.25. The number of nitrogens with zero attached hydrogens (tertiary/aromatic N) is 1. The number of halogens is 1. The van der Waals surface area contributed by atoms with Crippen LogP contribution in [0.15, 0.2) is 42.6 Å². The van der Waals surface area contributed by atoms with Gasteiger partial charge >= 0.3 is 6.09 Å². The Morgan fingerprint density at radius 2 is 2.23 bits per heavy atom. The largest absolute Gasteiger partial charge is 0.491 e. The molecule has 5 nitrogen and oxygen atoms in total. The van der Waals surface area contributed by atoms with Gasteiger partial charge in [-0.2, -0.15) is 0 Å². The lowest BCUT2D eigenvalue weighted by Crippen LogP contribution is -2.42. The molecule has 1 aromatic carbocycles. The summed E-state index contributed by atoms with van der Waals surface area (Å²) in [5.74, 6) is 0.718. The van der Waals surface area contributed by atoms with Gasteiger partial charge in [-0.1, -0.05) is 41.9 Å². The maximum atomic E-state index is 11.8. The highest BCUT2D eigenvalue weighted by molar-refractivity contribution is 6.29. The van der Waals surface area contributed by atoms with E-state index in [-0.39, 0.29) is 12.6 Å². The average Bonchev–Trinajstić information content (AvgIpc) is 2.54. The van der Waals surface area contributed by atoms with E-state index in [4.69, 9.17) is 21.1 Å². The van der Waals surface area contributed by atoms with Crippen molar-refractivity contribution in [2.45, 2.75) is 19.1 Å². The molecular formula is C16H15ClN2O3. The van der Waals surface area contributed by atoms with Gasteiger partial charge in [-0.05, 0) is 5.56 Å². The Kier molecular flexibility index (Phi) is 4.44. The van der Waals surface area contributed by atoms with Gasteiger partial charge in [0, 0.05) is 24.2 Å². The number of ether oxygens (including phenoxy) is 2. The Morgan fingerprint density at radius 3 is 3.05 bits per heavy atom. The predicted octanol–water partition coefficient (Wildman–Crippen LogP) is 2.96. The summed E-state index contributed by atoms with van der Waals surface area (Å²) in [6.07, 6.45) is 1.85. The molecule has 6 heteroatoms. The second-order valence-electron chi connectivity index (χ2n) is 5.03. The van der Waals surface area contributed by atoms with Crippen LogP contribution in [0.25, 0.3) is 0 Å². The van der Waals surface area contributed by atoms with E-state index in [0.717, 1.165) is 16.9 Å². The highest BCUT2D eigenvalue weighted by atomic mass is 35.5. The summed E-state index contributed by atoms with van der Waals surface area (Å²) in [6, 6.07) is 11.1. The molecule has 0 saturated carbocycles. The molecule has 1 atom stereocenters. The van der Waals surface area contributed by atoms with Gasteiger partial charge in [-0.3, -0.25) is 0 Å². The van der Waals surface area contributed by atoms with Crippen molar-refractivity contribution in [2.24, 2.45) is 0 Å². The number of amides is 1. The quantitative estimate of drug-likeness (QED) is 0.884. The molecule has 22 heavy (non-hydrogen) atoms. The number of hydrogen-bond donors (Lipinski definition) is 1. The first kappa shape index (κ1) is 14.7. The van der Waals surface area contributed by atoms with Gasteiger partial charge in [0.2, 0.25) is 0 Å². The zero-order valence-corrected chi connectivity index (χ0v) is 12.5. The van der Waals surface area contributed by atoms with Gasteiger partial charge in [0.15, 0.2) is 0 Å². The van der Waals surface area contributed by atoms with Crippen molar-refractivity contribution in [2.75, 3.05) is 6.61 Å². The number of carbonyl (C=O) groups is 1. The molecule has 0 radical (unpaired) electrons. The lowest BCUT2D eigenvalue weighted by molar-refractivity contribution is 0.128. The summed E-state index contributed by atoms with van der Waals surface area (Å²) < 4.78 is 10.8. The van der Waals surface area contributed by atoms with Crippen LogP contribution in [-0.2, 0) is 17.8 Å². The molecule has 2 heterocycles. The summed E-state index contributed by atoms with van der Waals surface area (Å²) in [4.78, 5) is 15.8. The number of hydrogen-bond acceptors (Lipinski definition) is 4. The monoisotopic (exact) mass is 318 g/mol. The standard InChI is InChI=1S/C16H15ClN2O3/c17-15-7-14-12(8-18-15)6-13(10-21-14)19-16(20)22-9-11-4-2-1-3-5-11/h1-5,7-8,13H,6,9-10H2,(H,19,20). The van der Waals surface area contributed by atoms with Crippen LogP contribution in [0.2, 0.25) is 5.15 Å². The van der Waals surface area contributed by atoms with Gasteiger partial charge in [-0.15, -0.1) is 0 Å². The van der Waals surface area contributed by atoms with E-state index in [9.17, 15) is 4.79 Å². The van der Waals surface area contributed by atoms with Crippen molar-refractivity contribution in [1.82, 2.24) is 10.3 Å².